The fourth-order valence-corrected chi connectivity index (χ4v) is 5.31. The summed E-state index contributed by atoms with van der Waals surface area (Å²) < 4.78 is 39.3. The van der Waals surface area contributed by atoms with E-state index < -0.39 is 15.9 Å². The van der Waals surface area contributed by atoms with Crippen molar-refractivity contribution in [3.63, 3.8) is 0 Å². The van der Waals surface area contributed by atoms with Gasteiger partial charge in [-0.15, -0.1) is 0 Å². The summed E-state index contributed by atoms with van der Waals surface area (Å²) in [7, 11) is -1.06. The Morgan fingerprint density at radius 2 is 1.59 bits per heavy atom. The van der Waals surface area contributed by atoms with Gasteiger partial charge < -0.3 is 14.8 Å². The van der Waals surface area contributed by atoms with Crippen molar-refractivity contribution >= 4 is 15.9 Å². The molecule has 3 rings (SSSR count). The van der Waals surface area contributed by atoms with Gasteiger partial charge in [-0.3, -0.25) is 4.79 Å². The molecule has 1 N–H and O–H groups in total. The average Bonchev–Trinajstić information content (AvgIpc) is 2.84. The molecular formula is C26H30N2O5S. The first-order chi connectivity index (χ1) is 16.3. The van der Waals surface area contributed by atoms with Crippen LogP contribution in [0.25, 0.3) is 0 Å². The number of methoxy groups -OCH3 is 2. The summed E-state index contributed by atoms with van der Waals surface area (Å²) in [6.45, 7) is 3.32. The minimum atomic E-state index is -4.05. The number of ether oxygens (including phenoxy) is 2. The summed E-state index contributed by atoms with van der Waals surface area (Å²) in [5.74, 6) is 0.449. The van der Waals surface area contributed by atoms with Crippen molar-refractivity contribution in [1.82, 2.24) is 9.62 Å². The number of nitrogens with one attached hydrogen (secondary N) is 1. The number of rotatable bonds is 10. The second-order valence-electron chi connectivity index (χ2n) is 7.94. The minimum Gasteiger partial charge on any atom is -0.496 e. The third-order valence-corrected chi connectivity index (χ3v) is 7.25. The summed E-state index contributed by atoms with van der Waals surface area (Å²) in [5, 5.41) is 2.89. The van der Waals surface area contributed by atoms with E-state index in [9.17, 15) is 13.2 Å². The van der Waals surface area contributed by atoms with E-state index in [2.05, 4.69) is 5.32 Å². The van der Waals surface area contributed by atoms with Crippen LogP contribution >= 0.6 is 0 Å². The molecule has 0 aromatic heterocycles. The Bertz CT molecular complexity index is 1230. The molecule has 3 aromatic carbocycles. The molecule has 3 aromatic rings. The van der Waals surface area contributed by atoms with Crippen molar-refractivity contribution in [3.05, 3.63) is 89.5 Å². The molecule has 0 heterocycles. The number of carbonyl (C=O) groups excluding carboxylic acids is 1. The zero-order valence-corrected chi connectivity index (χ0v) is 20.6. The largest absolute Gasteiger partial charge is 0.496 e. The van der Waals surface area contributed by atoms with Gasteiger partial charge in [-0.05, 0) is 43.2 Å². The van der Waals surface area contributed by atoms with E-state index in [1.54, 1.807) is 25.3 Å². The average molecular weight is 483 g/mol. The lowest BCUT2D eigenvalue weighted by atomic mass is 10.1. The van der Waals surface area contributed by atoms with Crippen LogP contribution in [0.5, 0.6) is 11.5 Å². The highest BCUT2D eigenvalue weighted by molar-refractivity contribution is 7.89. The molecule has 0 fully saturated rings. The minimum absolute atomic E-state index is 0.0245. The quantitative estimate of drug-likeness (QED) is 0.471. The molecule has 1 atom stereocenters. The third-order valence-electron chi connectivity index (χ3n) is 5.44. The predicted molar refractivity (Wildman–Crippen MR) is 131 cm³/mol. The van der Waals surface area contributed by atoms with Crippen molar-refractivity contribution in [1.29, 1.82) is 0 Å². The van der Waals surface area contributed by atoms with Gasteiger partial charge in [-0.25, -0.2) is 8.42 Å². The summed E-state index contributed by atoms with van der Waals surface area (Å²) >= 11 is 0. The van der Waals surface area contributed by atoms with E-state index in [-0.39, 0.29) is 29.8 Å². The molecule has 0 aliphatic rings. The zero-order valence-electron chi connectivity index (χ0n) is 19.8. The maximum atomic E-state index is 13.7. The standard InChI is InChI=1S/C26H30N2O5S/c1-19-14-15-24(33-4)25(16-19)34(30,31)28(17-21-10-6-5-7-11-21)18-26(29)27-20(2)22-12-8-9-13-23(22)32-3/h5-16,20H,17-18H2,1-4H3,(H,27,29)/t20-/m0/s1. The molecule has 1 amide bonds. The normalized spacial score (nSPS) is 12.3. The number of nitrogens with zero attached hydrogens (tertiary/aromatic N) is 1. The fraction of sp³-hybridized carbons (Fsp3) is 0.269. The lowest BCUT2D eigenvalue weighted by Gasteiger charge is -2.24. The molecule has 0 aliphatic heterocycles. The summed E-state index contributed by atoms with van der Waals surface area (Å²) in [6, 6.07) is 21.1. The summed E-state index contributed by atoms with van der Waals surface area (Å²) in [6.07, 6.45) is 0. The lowest BCUT2D eigenvalue weighted by molar-refractivity contribution is -0.122. The molecule has 0 saturated carbocycles. The monoisotopic (exact) mass is 482 g/mol. The first-order valence-corrected chi connectivity index (χ1v) is 12.3. The highest BCUT2D eigenvalue weighted by Crippen LogP contribution is 2.29. The van der Waals surface area contributed by atoms with E-state index in [0.29, 0.717) is 5.75 Å². The molecule has 7 nitrogen and oxygen atoms in total. The van der Waals surface area contributed by atoms with Crippen LogP contribution in [0.1, 0.15) is 29.7 Å². The smallest absolute Gasteiger partial charge is 0.247 e. The van der Waals surface area contributed by atoms with Crippen LogP contribution in [-0.4, -0.2) is 39.4 Å². The Morgan fingerprint density at radius 1 is 0.941 bits per heavy atom. The van der Waals surface area contributed by atoms with Crippen LogP contribution in [-0.2, 0) is 21.4 Å². The molecule has 0 aliphatic carbocycles. The van der Waals surface area contributed by atoms with Crippen LogP contribution in [0.4, 0.5) is 0 Å². The van der Waals surface area contributed by atoms with Crippen LogP contribution < -0.4 is 14.8 Å². The third kappa shape index (κ3) is 5.95. The van der Waals surface area contributed by atoms with Gasteiger partial charge in [0.25, 0.3) is 0 Å². The fourth-order valence-electron chi connectivity index (χ4n) is 3.69. The van der Waals surface area contributed by atoms with E-state index in [1.807, 2.05) is 68.4 Å². The molecule has 0 saturated heterocycles. The van der Waals surface area contributed by atoms with Gasteiger partial charge in [0.2, 0.25) is 15.9 Å². The molecule has 0 unspecified atom stereocenters. The van der Waals surface area contributed by atoms with Crippen molar-refractivity contribution in [3.8, 4) is 11.5 Å². The van der Waals surface area contributed by atoms with E-state index in [4.69, 9.17) is 9.47 Å². The molecule has 0 bridgehead atoms. The Hall–Kier alpha value is -3.36. The first-order valence-electron chi connectivity index (χ1n) is 10.9. The SMILES string of the molecule is COc1ccccc1[C@H](C)NC(=O)CN(Cc1ccccc1)S(=O)(=O)c1cc(C)ccc1OC. The number of sulfonamides is 1. The van der Waals surface area contributed by atoms with E-state index in [1.165, 1.54) is 11.4 Å². The second kappa shape index (κ2) is 11.2. The summed E-state index contributed by atoms with van der Waals surface area (Å²) in [4.78, 5) is 13.1. The topological polar surface area (TPSA) is 84.9 Å². The molecule has 34 heavy (non-hydrogen) atoms. The van der Waals surface area contributed by atoms with Crippen molar-refractivity contribution in [2.75, 3.05) is 20.8 Å². The Labute approximate surface area is 201 Å². The number of benzene rings is 3. The molecule has 180 valence electrons. The van der Waals surface area contributed by atoms with Gasteiger partial charge in [0.1, 0.15) is 16.4 Å². The number of carbonyl (C=O) groups is 1. The predicted octanol–water partition coefficient (Wildman–Crippen LogP) is 4.08. The maximum absolute atomic E-state index is 13.7. The first kappa shape index (κ1) is 25.3. The zero-order chi connectivity index (χ0) is 24.7. The summed E-state index contributed by atoms with van der Waals surface area (Å²) in [5.41, 5.74) is 2.34. The Morgan fingerprint density at radius 3 is 2.26 bits per heavy atom. The van der Waals surface area contributed by atoms with Crippen molar-refractivity contribution < 1.29 is 22.7 Å². The number of hydrogen-bond donors (Lipinski definition) is 1. The lowest BCUT2D eigenvalue weighted by Crippen LogP contribution is -2.41. The maximum Gasteiger partial charge on any atom is 0.247 e. The molecule has 8 heteroatoms. The number of aryl methyl sites for hydroxylation is 1. The van der Waals surface area contributed by atoms with Crippen LogP contribution in [0.15, 0.2) is 77.7 Å². The molecular weight excluding hydrogens is 452 g/mol. The number of amides is 1. The Kier molecular flexibility index (Phi) is 8.31. The van der Waals surface area contributed by atoms with Crippen molar-refractivity contribution in [2.45, 2.75) is 31.3 Å². The second-order valence-corrected chi connectivity index (χ2v) is 9.85. The van der Waals surface area contributed by atoms with Gasteiger partial charge in [0.15, 0.2) is 0 Å². The number of para-hydroxylation sites is 1. The van der Waals surface area contributed by atoms with Gasteiger partial charge in [0, 0.05) is 12.1 Å². The molecule has 0 spiro atoms. The van der Waals surface area contributed by atoms with E-state index in [0.717, 1.165) is 16.7 Å². The van der Waals surface area contributed by atoms with Crippen LogP contribution in [0, 0.1) is 6.92 Å². The van der Waals surface area contributed by atoms with Gasteiger partial charge in [0.05, 0.1) is 26.8 Å². The van der Waals surface area contributed by atoms with Gasteiger partial charge in [-0.1, -0.05) is 54.6 Å². The van der Waals surface area contributed by atoms with Gasteiger partial charge in [-0.2, -0.15) is 4.31 Å². The van der Waals surface area contributed by atoms with Crippen molar-refractivity contribution in [2.24, 2.45) is 0 Å². The van der Waals surface area contributed by atoms with E-state index >= 15 is 0 Å². The molecule has 0 radical (unpaired) electrons. The number of hydrogen-bond acceptors (Lipinski definition) is 5. The highest BCUT2D eigenvalue weighted by atomic mass is 32.2. The van der Waals surface area contributed by atoms with Crippen LogP contribution in [0.2, 0.25) is 0 Å². The highest BCUT2D eigenvalue weighted by Gasteiger charge is 2.30. The van der Waals surface area contributed by atoms with Crippen LogP contribution in [0.3, 0.4) is 0 Å². The Balaban J connectivity index is 1.90. The van der Waals surface area contributed by atoms with Gasteiger partial charge >= 0.3 is 0 Å².